The van der Waals surface area contributed by atoms with Crippen LogP contribution in [0, 0.1) is 0 Å². The molecule has 0 aliphatic carbocycles. The molecular weight excluding hydrogens is 487 g/mol. The van der Waals surface area contributed by atoms with Crippen molar-refractivity contribution in [1.82, 2.24) is 10.3 Å². The van der Waals surface area contributed by atoms with Gasteiger partial charge >= 0.3 is 12.5 Å². The maximum absolute atomic E-state index is 12.9. The summed E-state index contributed by atoms with van der Waals surface area (Å²) in [4.78, 5) is 29.4. The van der Waals surface area contributed by atoms with E-state index in [9.17, 15) is 22.8 Å². The zero-order valence-electron chi connectivity index (χ0n) is 19.1. The van der Waals surface area contributed by atoms with E-state index >= 15 is 0 Å². The summed E-state index contributed by atoms with van der Waals surface area (Å²) in [7, 11) is 0. The quantitative estimate of drug-likeness (QED) is 0.429. The van der Waals surface area contributed by atoms with E-state index in [4.69, 9.17) is 9.47 Å². The Morgan fingerprint density at radius 2 is 1.80 bits per heavy atom. The van der Waals surface area contributed by atoms with Gasteiger partial charge in [-0.05, 0) is 38.5 Å². The van der Waals surface area contributed by atoms with Crippen molar-refractivity contribution in [3.05, 3.63) is 54.1 Å². The molecule has 8 nitrogen and oxygen atoms in total. The second-order valence-electron chi connectivity index (χ2n) is 8.39. The van der Waals surface area contributed by atoms with Crippen molar-refractivity contribution in [3.63, 3.8) is 0 Å². The highest BCUT2D eigenvalue weighted by atomic mass is 32.1. The average molecular weight is 512 g/mol. The van der Waals surface area contributed by atoms with Gasteiger partial charge < -0.3 is 24.8 Å². The van der Waals surface area contributed by atoms with Crippen LogP contribution >= 0.6 is 11.3 Å². The van der Waals surface area contributed by atoms with Crippen LogP contribution in [-0.4, -0.2) is 41.6 Å². The topological polar surface area (TPSA) is 98.8 Å². The highest BCUT2D eigenvalue weighted by molar-refractivity contribution is 7.22. The van der Waals surface area contributed by atoms with Gasteiger partial charge in [-0.1, -0.05) is 41.7 Å². The van der Waals surface area contributed by atoms with Crippen LogP contribution in [0.3, 0.4) is 0 Å². The fourth-order valence-electron chi connectivity index (χ4n) is 2.85. The molecule has 0 spiro atoms. The van der Waals surface area contributed by atoms with Crippen LogP contribution < -0.4 is 15.4 Å². The molecule has 1 atom stereocenters. The Labute approximate surface area is 203 Å². The fourth-order valence-corrected chi connectivity index (χ4v) is 3.75. The number of hydrogen-bond donors (Lipinski definition) is 2. The maximum atomic E-state index is 12.9. The molecule has 0 fully saturated rings. The van der Waals surface area contributed by atoms with Gasteiger partial charge in [0.2, 0.25) is 0 Å². The molecule has 188 valence electrons. The molecule has 0 radical (unpaired) electrons. The Kier molecular flexibility index (Phi) is 8.18. The summed E-state index contributed by atoms with van der Waals surface area (Å²) in [6.07, 6.45) is -5.63. The van der Waals surface area contributed by atoms with Crippen molar-refractivity contribution in [2.45, 2.75) is 45.4 Å². The van der Waals surface area contributed by atoms with Crippen molar-refractivity contribution in [2.24, 2.45) is 0 Å². The number of halogens is 3. The molecular formula is C23H24F3N3O5S. The lowest BCUT2D eigenvalue weighted by Crippen LogP contribution is -2.48. The number of alkyl halides is 3. The molecule has 1 heterocycles. The van der Waals surface area contributed by atoms with E-state index in [1.54, 1.807) is 20.8 Å². The molecule has 0 aliphatic heterocycles. The first-order chi connectivity index (χ1) is 16.4. The molecule has 2 amide bonds. The highest BCUT2D eigenvalue weighted by Crippen LogP contribution is 2.31. The van der Waals surface area contributed by atoms with Crippen molar-refractivity contribution >= 4 is 38.7 Å². The summed E-state index contributed by atoms with van der Waals surface area (Å²) in [5, 5.41) is 5.19. The number of alkyl carbamates (subject to hydrolysis) is 1. The van der Waals surface area contributed by atoms with Crippen molar-refractivity contribution in [2.75, 3.05) is 11.9 Å². The van der Waals surface area contributed by atoms with E-state index < -0.39 is 35.8 Å². The number of hydrogen-bond acceptors (Lipinski definition) is 7. The number of amides is 2. The Bertz CT molecular complexity index is 1160. The third kappa shape index (κ3) is 8.72. The Morgan fingerprint density at radius 3 is 2.46 bits per heavy atom. The van der Waals surface area contributed by atoms with Gasteiger partial charge in [-0.3, -0.25) is 4.79 Å². The SMILES string of the molecule is CC(C)(C)OC(=O)NC(COCc1ccccc1)C(=O)Nc1nc2ccc(OC(F)(F)F)cc2s1. The van der Waals surface area contributed by atoms with Crippen LogP contribution in [0.1, 0.15) is 26.3 Å². The normalized spacial score (nSPS) is 12.7. The third-order valence-electron chi connectivity index (χ3n) is 4.23. The molecule has 2 N–H and O–H groups in total. The largest absolute Gasteiger partial charge is 0.573 e. The number of carbonyl (C=O) groups excluding carboxylic acids is 2. The lowest BCUT2D eigenvalue weighted by Gasteiger charge is -2.23. The van der Waals surface area contributed by atoms with Gasteiger partial charge in [0.05, 0.1) is 23.4 Å². The molecule has 35 heavy (non-hydrogen) atoms. The smallest absolute Gasteiger partial charge is 0.444 e. The predicted octanol–water partition coefficient (Wildman–Crippen LogP) is 5.24. The number of rotatable bonds is 8. The molecule has 0 saturated heterocycles. The zero-order valence-corrected chi connectivity index (χ0v) is 20.0. The van der Waals surface area contributed by atoms with E-state index in [0.29, 0.717) is 10.2 Å². The van der Waals surface area contributed by atoms with E-state index in [1.165, 1.54) is 12.1 Å². The van der Waals surface area contributed by atoms with Crippen molar-refractivity contribution < 1.29 is 37.0 Å². The maximum Gasteiger partial charge on any atom is 0.573 e. The van der Waals surface area contributed by atoms with Gasteiger partial charge in [-0.15, -0.1) is 13.2 Å². The van der Waals surface area contributed by atoms with E-state index in [2.05, 4.69) is 20.4 Å². The lowest BCUT2D eigenvalue weighted by molar-refractivity contribution is -0.274. The molecule has 3 aromatic rings. The standard InChI is InChI=1S/C23H24F3N3O5S/c1-22(2,3)34-21(31)28-17(13-32-12-14-7-5-4-6-8-14)19(30)29-20-27-16-10-9-15(11-18(16)35-20)33-23(24,25)26/h4-11,17H,12-13H2,1-3H3,(H,28,31)(H,27,29,30). The molecule has 0 aliphatic rings. The molecule has 0 saturated carbocycles. The van der Waals surface area contributed by atoms with Gasteiger partial charge in [-0.2, -0.15) is 0 Å². The van der Waals surface area contributed by atoms with Gasteiger partial charge in [0, 0.05) is 6.07 Å². The summed E-state index contributed by atoms with van der Waals surface area (Å²) >= 11 is 0.958. The Morgan fingerprint density at radius 1 is 1.09 bits per heavy atom. The van der Waals surface area contributed by atoms with Gasteiger partial charge in [0.15, 0.2) is 5.13 Å². The fraction of sp³-hybridized carbons (Fsp3) is 0.348. The first-order valence-corrected chi connectivity index (χ1v) is 11.3. The van der Waals surface area contributed by atoms with Crippen molar-refractivity contribution in [1.29, 1.82) is 0 Å². The van der Waals surface area contributed by atoms with Crippen LogP contribution in [0.4, 0.5) is 23.1 Å². The van der Waals surface area contributed by atoms with Crippen LogP contribution in [-0.2, 0) is 20.9 Å². The van der Waals surface area contributed by atoms with Crippen LogP contribution in [0.25, 0.3) is 10.2 Å². The monoisotopic (exact) mass is 511 g/mol. The average Bonchev–Trinajstić information content (AvgIpc) is 3.12. The first-order valence-electron chi connectivity index (χ1n) is 10.5. The minimum atomic E-state index is -4.82. The minimum Gasteiger partial charge on any atom is -0.444 e. The number of aromatic nitrogens is 1. The second-order valence-corrected chi connectivity index (χ2v) is 9.42. The number of carbonyl (C=O) groups is 2. The van der Waals surface area contributed by atoms with Gasteiger partial charge in [0.25, 0.3) is 5.91 Å². The predicted molar refractivity (Wildman–Crippen MR) is 124 cm³/mol. The first kappa shape index (κ1) is 26.2. The number of benzene rings is 2. The molecule has 3 rings (SSSR count). The number of fused-ring (bicyclic) bond motifs is 1. The zero-order chi connectivity index (χ0) is 25.6. The minimum absolute atomic E-state index is 0.133. The number of nitrogens with zero attached hydrogens (tertiary/aromatic N) is 1. The van der Waals surface area contributed by atoms with E-state index in [0.717, 1.165) is 23.0 Å². The molecule has 12 heteroatoms. The Balaban J connectivity index is 1.70. The molecule has 2 aromatic carbocycles. The number of ether oxygens (including phenoxy) is 3. The summed E-state index contributed by atoms with van der Waals surface area (Å²) in [5.74, 6) is -1.03. The summed E-state index contributed by atoms with van der Waals surface area (Å²) < 4.78 is 52.6. The second kappa shape index (κ2) is 10.9. The molecule has 0 bridgehead atoms. The summed E-state index contributed by atoms with van der Waals surface area (Å²) in [6.45, 7) is 5.11. The van der Waals surface area contributed by atoms with E-state index in [1.807, 2.05) is 30.3 Å². The number of anilines is 1. The summed E-state index contributed by atoms with van der Waals surface area (Å²) in [5.41, 5.74) is 0.475. The third-order valence-corrected chi connectivity index (χ3v) is 5.16. The number of thiazole rings is 1. The Hall–Kier alpha value is -3.38. The lowest BCUT2D eigenvalue weighted by atomic mass is 10.2. The molecule has 1 aromatic heterocycles. The van der Waals surface area contributed by atoms with Gasteiger partial charge in [0.1, 0.15) is 17.4 Å². The number of nitrogens with one attached hydrogen (secondary N) is 2. The van der Waals surface area contributed by atoms with Gasteiger partial charge in [-0.25, -0.2) is 9.78 Å². The van der Waals surface area contributed by atoms with Crippen LogP contribution in [0.2, 0.25) is 0 Å². The molecule has 1 unspecified atom stereocenters. The summed E-state index contributed by atoms with van der Waals surface area (Å²) in [6, 6.07) is 11.8. The van der Waals surface area contributed by atoms with Crippen LogP contribution in [0.15, 0.2) is 48.5 Å². The van der Waals surface area contributed by atoms with Crippen molar-refractivity contribution in [3.8, 4) is 5.75 Å². The van der Waals surface area contributed by atoms with E-state index in [-0.39, 0.29) is 18.3 Å². The highest BCUT2D eigenvalue weighted by Gasteiger charge is 2.31. The van der Waals surface area contributed by atoms with Crippen LogP contribution in [0.5, 0.6) is 5.75 Å².